The Morgan fingerprint density at radius 1 is 1.19 bits per heavy atom. The van der Waals surface area contributed by atoms with E-state index in [1.807, 2.05) is 36.4 Å². The quantitative estimate of drug-likeness (QED) is 0.578. The number of nitrogens with zero attached hydrogens (tertiary/aromatic N) is 2. The van der Waals surface area contributed by atoms with Crippen molar-refractivity contribution in [2.75, 3.05) is 0 Å². The predicted octanol–water partition coefficient (Wildman–Crippen LogP) is 3.94. The summed E-state index contributed by atoms with van der Waals surface area (Å²) in [5.41, 5.74) is 1.41. The number of hydrogen-bond acceptors (Lipinski definition) is 4. The summed E-state index contributed by atoms with van der Waals surface area (Å²) in [6, 6.07) is 14.7. The Bertz CT molecular complexity index is 1210. The van der Waals surface area contributed by atoms with Crippen LogP contribution in [0.3, 0.4) is 0 Å². The molecule has 0 atom stereocenters. The first-order valence-corrected chi connectivity index (χ1v) is 9.09. The molecule has 7 heteroatoms. The number of benzene rings is 2. The van der Waals surface area contributed by atoms with Gasteiger partial charge in [0.2, 0.25) is 0 Å². The first-order valence-electron chi connectivity index (χ1n) is 7.90. The number of para-hydroxylation sites is 2. The molecule has 0 radical (unpaired) electrons. The maximum Gasteiger partial charge on any atom is 0.308 e. The van der Waals surface area contributed by atoms with E-state index >= 15 is 0 Å². The molecule has 2 heterocycles. The molecule has 0 bridgehead atoms. The van der Waals surface area contributed by atoms with Crippen LogP contribution in [0.5, 0.6) is 0 Å². The third kappa shape index (κ3) is 2.98. The van der Waals surface area contributed by atoms with Crippen molar-refractivity contribution in [1.82, 2.24) is 9.55 Å². The molecule has 0 aliphatic rings. The van der Waals surface area contributed by atoms with E-state index in [1.54, 1.807) is 16.7 Å². The average Bonchev–Trinajstić information content (AvgIpc) is 3.02. The predicted molar refractivity (Wildman–Crippen MR) is 103 cm³/mol. The third-order valence-electron chi connectivity index (χ3n) is 4.13. The molecule has 0 aliphatic heterocycles. The van der Waals surface area contributed by atoms with Crippen LogP contribution in [0.1, 0.15) is 10.6 Å². The highest BCUT2D eigenvalue weighted by molar-refractivity contribution is 7.18. The number of carbonyl (C=O) groups is 1. The van der Waals surface area contributed by atoms with Crippen LogP contribution in [0, 0.1) is 0 Å². The second-order valence-corrected chi connectivity index (χ2v) is 7.41. The molecule has 0 saturated heterocycles. The summed E-state index contributed by atoms with van der Waals surface area (Å²) in [5, 5.41) is 11.2. The molecule has 5 nitrogen and oxygen atoms in total. The molecule has 0 saturated carbocycles. The third-order valence-corrected chi connectivity index (χ3v) is 5.44. The zero-order valence-electron chi connectivity index (χ0n) is 13.5. The van der Waals surface area contributed by atoms with Crippen LogP contribution in [0.2, 0.25) is 5.02 Å². The van der Waals surface area contributed by atoms with Crippen molar-refractivity contribution in [2.24, 2.45) is 0 Å². The first kappa shape index (κ1) is 16.8. The van der Waals surface area contributed by atoms with Crippen molar-refractivity contribution >= 4 is 50.0 Å². The lowest BCUT2D eigenvalue weighted by Gasteiger charge is -2.11. The average molecular weight is 385 g/mol. The number of rotatable bonds is 4. The summed E-state index contributed by atoms with van der Waals surface area (Å²) in [4.78, 5) is 28.5. The van der Waals surface area contributed by atoms with Crippen molar-refractivity contribution < 1.29 is 9.90 Å². The van der Waals surface area contributed by atoms with Crippen LogP contribution in [0.4, 0.5) is 0 Å². The van der Waals surface area contributed by atoms with Gasteiger partial charge in [-0.3, -0.25) is 9.59 Å². The summed E-state index contributed by atoms with van der Waals surface area (Å²) in [5.74, 6) is -1.03. The number of fused-ring (bicyclic) bond motifs is 2. The second-order valence-electron chi connectivity index (χ2n) is 5.88. The highest BCUT2D eigenvalue weighted by Crippen LogP contribution is 2.28. The van der Waals surface area contributed by atoms with Gasteiger partial charge in [-0.2, -0.15) is 0 Å². The number of carboxylic acid groups (broad SMARTS) is 1. The smallest absolute Gasteiger partial charge is 0.308 e. The summed E-state index contributed by atoms with van der Waals surface area (Å²) < 4.78 is 2.53. The Morgan fingerprint density at radius 2 is 2.00 bits per heavy atom. The largest absolute Gasteiger partial charge is 0.481 e. The summed E-state index contributed by atoms with van der Waals surface area (Å²) in [7, 11) is 0. The van der Waals surface area contributed by atoms with Gasteiger partial charge in [0.25, 0.3) is 5.56 Å². The van der Waals surface area contributed by atoms with Crippen molar-refractivity contribution in [3.63, 3.8) is 0 Å². The summed E-state index contributed by atoms with van der Waals surface area (Å²) in [6.07, 6.45) is -0.310. The number of hydrogen-bond donors (Lipinski definition) is 1. The van der Waals surface area contributed by atoms with E-state index in [0.29, 0.717) is 10.5 Å². The van der Waals surface area contributed by atoms with Crippen molar-refractivity contribution in [2.45, 2.75) is 13.0 Å². The van der Waals surface area contributed by atoms with E-state index in [9.17, 15) is 9.59 Å². The molecule has 0 amide bonds. The van der Waals surface area contributed by atoms with Crippen LogP contribution in [-0.4, -0.2) is 20.6 Å². The lowest BCUT2D eigenvalue weighted by molar-refractivity contribution is -0.136. The SMILES string of the molecule is O=C(O)Cc1cc2ccccc2n(Cc2nc3c(Cl)cccc3s2)c1=O. The Labute approximate surface area is 157 Å². The van der Waals surface area contributed by atoms with Gasteiger partial charge in [-0.05, 0) is 29.7 Å². The van der Waals surface area contributed by atoms with Gasteiger partial charge in [0.1, 0.15) is 10.5 Å². The molecule has 26 heavy (non-hydrogen) atoms. The van der Waals surface area contributed by atoms with E-state index in [2.05, 4.69) is 4.98 Å². The molecule has 0 aliphatic carbocycles. The standard InChI is InChI=1S/C19H13ClN2O3S/c20-13-5-3-7-15-18(13)21-16(26-15)10-22-14-6-2-1-4-11(14)8-12(19(22)25)9-17(23)24/h1-8H,9-10H2,(H,23,24). The maximum atomic E-state index is 12.9. The van der Waals surface area contributed by atoms with Crippen LogP contribution >= 0.6 is 22.9 Å². The molecule has 0 spiro atoms. The Balaban J connectivity index is 1.88. The van der Waals surface area contributed by atoms with E-state index in [1.165, 1.54) is 11.3 Å². The Kier molecular flexibility index (Phi) is 4.22. The molecule has 0 unspecified atom stereocenters. The number of halogens is 1. The second kappa shape index (κ2) is 6.55. The molecule has 130 valence electrons. The van der Waals surface area contributed by atoms with Crippen molar-refractivity contribution in [3.05, 3.63) is 74.5 Å². The van der Waals surface area contributed by atoms with E-state index < -0.39 is 5.97 Å². The number of carboxylic acids is 1. The summed E-state index contributed by atoms with van der Waals surface area (Å²) in [6.45, 7) is 0.266. The molecule has 1 N–H and O–H groups in total. The van der Waals surface area contributed by atoms with Crippen LogP contribution in [0.15, 0.2) is 53.3 Å². The van der Waals surface area contributed by atoms with Gasteiger partial charge < -0.3 is 9.67 Å². The molecular weight excluding hydrogens is 372 g/mol. The minimum Gasteiger partial charge on any atom is -0.481 e. The van der Waals surface area contributed by atoms with Gasteiger partial charge in [0, 0.05) is 5.56 Å². The van der Waals surface area contributed by atoms with Gasteiger partial charge in [-0.1, -0.05) is 35.9 Å². The zero-order valence-corrected chi connectivity index (χ0v) is 15.0. The normalized spacial score (nSPS) is 11.3. The van der Waals surface area contributed by atoms with Gasteiger partial charge in [-0.15, -0.1) is 11.3 Å². The van der Waals surface area contributed by atoms with E-state index in [4.69, 9.17) is 16.7 Å². The van der Waals surface area contributed by atoms with Gasteiger partial charge in [0.15, 0.2) is 0 Å². The van der Waals surface area contributed by atoms with E-state index in [-0.39, 0.29) is 24.1 Å². The molecule has 0 fully saturated rings. The zero-order chi connectivity index (χ0) is 18.3. The lowest BCUT2D eigenvalue weighted by atomic mass is 10.1. The van der Waals surface area contributed by atoms with Crippen LogP contribution in [-0.2, 0) is 17.8 Å². The fourth-order valence-electron chi connectivity index (χ4n) is 3.00. The van der Waals surface area contributed by atoms with Crippen molar-refractivity contribution in [1.29, 1.82) is 0 Å². The Hall–Kier alpha value is -2.70. The summed E-state index contributed by atoms with van der Waals surface area (Å²) >= 11 is 7.66. The molecule has 2 aromatic carbocycles. The number of aromatic nitrogens is 2. The molecule has 4 rings (SSSR count). The van der Waals surface area contributed by atoms with E-state index in [0.717, 1.165) is 20.6 Å². The van der Waals surface area contributed by atoms with Gasteiger partial charge in [-0.25, -0.2) is 4.98 Å². The Morgan fingerprint density at radius 3 is 2.77 bits per heavy atom. The minimum atomic E-state index is -1.03. The van der Waals surface area contributed by atoms with Crippen LogP contribution < -0.4 is 5.56 Å². The maximum absolute atomic E-state index is 12.9. The fourth-order valence-corrected chi connectivity index (χ4v) is 4.25. The minimum absolute atomic E-state index is 0.260. The number of thiazole rings is 1. The van der Waals surface area contributed by atoms with Gasteiger partial charge in [0.05, 0.1) is 28.2 Å². The molecule has 4 aromatic rings. The first-order chi connectivity index (χ1) is 12.5. The van der Waals surface area contributed by atoms with Gasteiger partial charge >= 0.3 is 5.97 Å². The molecule has 2 aromatic heterocycles. The molecular formula is C19H13ClN2O3S. The van der Waals surface area contributed by atoms with Crippen LogP contribution in [0.25, 0.3) is 21.1 Å². The fraction of sp³-hybridized carbons (Fsp3) is 0.105. The number of pyridine rings is 1. The number of aliphatic carboxylic acids is 1. The highest BCUT2D eigenvalue weighted by atomic mass is 35.5. The highest BCUT2D eigenvalue weighted by Gasteiger charge is 2.14. The lowest BCUT2D eigenvalue weighted by Crippen LogP contribution is -2.26. The monoisotopic (exact) mass is 384 g/mol. The van der Waals surface area contributed by atoms with Crippen molar-refractivity contribution in [3.8, 4) is 0 Å². The topological polar surface area (TPSA) is 72.2 Å².